The highest BCUT2D eigenvalue weighted by Gasteiger charge is 2.21. The number of nitrogens with one attached hydrogen (secondary N) is 2. The summed E-state index contributed by atoms with van der Waals surface area (Å²) in [5.74, 6) is 0. The van der Waals surface area contributed by atoms with E-state index in [-0.39, 0.29) is 6.04 Å². The Morgan fingerprint density at radius 2 is 2.05 bits per heavy atom. The van der Waals surface area contributed by atoms with Gasteiger partial charge in [-0.1, -0.05) is 6.92 Å². The first-order valence-corrected chi connectivity index (χ1v) is 9.53. The minimum Gasteiger partial charge on any atom is -0.312 e. The predicted octanol–water partition coefficient (Wildman–Crippen LogP) is 1.78. The molecule has 1 rings (SSSR count). The van der Waals surface area contributed by atoms with Gasteiger partial charge in [0.05, 0.1) is 0 Å². The van der Waals surface area contributed by atoms with Crippen LogP contribution in [0.1, 0.15) is 30.7 Å². The lowest BCUT2D eigenvalue weighted by Crippen LogP contribution is -2.39. The Morgan fingerprint density at radius 3 is 2.62 bits per heavy atom. The number of hydrogen-bond acceptors (Lipinski definition) is 5. The van der Waals surface area contributed by atoms with E-state index >= 15 is 0 Å². The van der Waals surface area contributed by atoms with Crippen molar-refractivity contribution in [1.82, 2.24) is 14.9 Å². The van der Waals surface area contributed by atoms with Crippen molar-refractivity contribution < 1.29 is 8.42 Å². The van der Waals surface area contributed by atoms with Gasteiger partial charge in [0.1, 0.15) is 4.21 Å². The normalized spacial score (nSPS) is 13.8. The Hall–Kier alpha value is -0.470. The lowest BCUT2D eigenvalue weighted by atomic mass is 10.3. The van der Waals surface area contributed by atoms with E-state index in [1.165, 1.54) is 11.3 Å². The monoisotopic (exact) mass is 333 g/mol. The van der Waals surface area contributed by atoms with Gasteiger partial charge in [0.25, 0.3) is 0 Å². The molecule has 5 nitrogen and oxygen atoms in total. The number of hydrogen-bond donors (Lipinski definition) is 2. The third kappa shape index (κ3) is 6.04. The van der Waals surface area contributed by atoms with Crippen LogP contribution in [0.3, 0.4) is 0 Å². The standard InChI is InChI=1S/C14H27N3O2S2/c1-6-7-15-9-13-11(2)8-14(20-13)21(18,19)16-12(3)10-17(4)5/h8,12,15-16H,6-7,9-10H2,1-5H3. The molecular formula is C14H27N3O2S2. The molecule has 0 radical (unpaired) electrons. The second-order valence-corrected chi connectivity index (χ2v) is 8.71. The molecule has 0 fully saturated rings. The molecule has 0 aliphatic carbocycles. The van der Waals surface area contributed by atoms with Crippen molar-refractivity contribution in [1.29, 1.82) is 0 Å². The van der Waals surface area contributed by atoms with Gasteiger partial charge in [-0.25, -0.2) is 13.1 Å². The van der Waals surface area contributed by atoms with Crippen molar-refractivity contribution in [2.24, 2.45) is 0 Å². The molecule has 0 amide bonds. The van der Waals surface area contributed by atoms with E-state index in [1.54, 1.807) is 6.07 Å². The van der Waals surface area contributed by atoms with Crippen molar-refractivity contribution >= 4 is 21.4 Å². The first-order chi connectivity index (χ1) is 9.76. The molecule has 1 unspecified atom stereocenters. The van der Waals surface area contributed by atoms with Crippen LogP contribution in [0.5, 0.6) is 0 Å². The Balaban J connectivity index is 2.77. The number of aryl methyl sites for hydroxylation is 1. The summed E-state index contributed by atoms with van der Waals surface area (Å²) in [5, 5.41) is 3.31. The number of likely N-dealkylation sites (N-methyl/N-ethyl adjacent to an activating group) is 1. The van der Waals surface area contributed by atoms with Crippen LogP contribution in [0.15, 0.2) is 10.3 Å². The highest BCUT2D eigenvalue weighted by atomic mass is 32.2. The SMILES string of the molecule is CCCNCc1sc(S(=O)(=O)NC(C)CN(C)C)cc1C. The van der Waals surface area contributed by atoms with E-state index in [4.69, 9.17) is 0 Å². The summed E-state index contributed by atoms with van der Waals surface area (Å²) in [4.78, 5) is 3.05. The van der Waals surface area contributed by atoms with Crippen LogP contribution < -0.4 is 10.0 Å². The second kappa shape index (κ2) is 8.24. The van der Waals surface area contributed by atoms with E-state index in [0.717, 1.165) is 30.0 Å². The largest absolute Gasteiger partial charge is 0.312 e. The number of nitrogens with zero attached hydrogens (tertiary/aromatic N) is 1. The molecule has 2 N–H and O–H groups in total. The smallest absolute Gasteiger partial charge is 0.250 e. The first kappa shape index (κ1) is 18.6. The molecule has 0 saturated carbocycles. The molecule has 0 aromatic carbocycles. The third-order valence-corrected chi connectivity index (χ3v) is 6.27. The summed E-state index contributed by atoms with van der Waals surface area (Å²) in [6.45, 7) is 8.29. The zero-order valence-electron chi connectivity index (χ0n) is 13.6. The van der Waals surface area contributed by atoms with Gasteiger partial charge in [-0.05, 0) is 52.5 Å². The van der Waals surface area contributed by atoms with Crippen molar-refractivity contribution in [3.8, 4) is 0 Å². The summed E-state index contributed by atoms with van der Waals surface area (Å²) < 4.78 is 27.9. The average Bonchev–Trinajstić information content (AvgIpc) is 2.70. The average molecular weight is 334 g/mol. The van der Waals surface area contributed by atoms with Gasteiger partial charge >= 0.3 is 0 Å². The number of thiophene rings is 1. The maximum absolute atomic E-state index is 12.4. The molecule has 7 heteroatoms. The lowest BCUT2D eigenvalue weighted by Gasteiger charge is -2.17. The Morgan fingerprint density at radius 1 is 1.38 bits per heavy atom. The molecule has 1 atom stereocenters. The summed E-state index contributed by atoms with van der Waals surface area (Å²) in [6.07, 6.45) is 1.07. The van der Waals surface area contributed by atoms with E-state index in [2.05, 4.69) is 17.0 Å². The Bertz CT molecular complexity index is 538. The molecule has 0 saturated heterocycles. The molecule has 0 aliphatic rings. The molecule has 21 heavy (non-hydrogen) atoms. The Labute approximate surface area is 132 Å². The summed E-state index contributed by atoms with van der Waals surface area (Å²) in [5.41, 5.74) is 1.03. The van der Waals surface area contributed by atoms with Crippen molar-refractivity contribution in [3.63, 3.8) is 0 Å². The fourth-order valence-corrected chi connectivity index (χ4v) is 4.89. The van der Waals surface area contributed by atoms with Crippen LogP contribution in [0.2, 0.25) is 0 Å². The quantitative estimate of drug-likeness (QED) is 0.676. The molecule has 1 aromatic heterocycles. The van der Waals surface area contributed by atoms with Crippen LogP contribution >= 0.6 is 11.3 Å². The zero-order valence-corrected chi connectivity index (χ0v) is 15.2. The number of rotatable bonds is 9. The summed E-state index contributed by atoms with van der Waals surface area (Å²) in [6, 6.07) is 1.65. The minimum absolute atomic E-state index is 0.117. The van der Waals surface area contributed by atoms with E-state index in [9.17, 15) is 8.42 Å². The maximum Gasteiger partial charge on any atom is 0.250 e. The second-order valence-electron chi connectivity index (χ2n) is 5.63. The molecule has 0 spiro atoms. The minimum atomic E-state index is -3.42. The van der Waals surface area contributed by atoms with Gasteiger partial charge in [0, 0.05) is 24.0 Å². The molecular weight excluding hydrogens is 306 g/mol. The van der Waals surface area contributed by atoms with Gasteiger partial charge in [-0.3, -0.25) is 0 Å². The first-order valence-electron chi connectivity index (χ1n) is 7.23. The number of sulfonamides is 1. The van der Waals surface area contributed by atoms with Crippen molar-refractivity contribution in [2.75, 3.05) is 27.2 Å². The predicted molar refractivity (Wildman–Crippen MR) is 89.4 cm³/mol. The van der Waals surface area contributed by atoms with Gasteiger partial charge in [0.15, 0.2) is 0 Å². The van der Waals surface area contributed by atoms with Gasteiger partial charge < -0.3 is 10.2 Å². The summed E-state index contributed by atoms with van der Waals surface area (Å²) >= 11 is 1.35. The lowest BCUT2D eigenvalue weighted by molar-refractivity contribution is 0.370. The fourth-order valence-electron chi connectivity index (χ4n) is 2.08. The fraction of sp³-hybridized carbons (Fsp3) is 0.714. The molecule has 1 aromatic rings. The molecule has 122 valence electrons. The van der Waals surface area contributed by atoms with Gasteiger partial charge in [-0.15, -0.1) is 11.3 Å². The van der Waals surface area contributed by atoms with Crippen LogP contribution in [0.4, 0.5) is 0 Å². The van der Waals surface area contributed by atoms with E-state index in [1.807, 2.05) is 32.8 Å². The summed E-state index contributed by atoms with van der Waals surface area (Å²) in [7, 11) is 0.433. The van der Waals surface area contributed by atoms with Crippen LogP contribution in [-0.4, -0.2) is 46.5 Å². The zero-order chi connectivity index (χ0) is 16.0. The molecule has 0 bridgehead atoms. The van der Waals surface area contributed by atoms with Crippen molar-refractivity contribution in [2.45, 2.75) is 44.0 Å². The van der Waals surface area contributed by atoms with Crippen molar-refractivity contribution in [3.05, 3.63) is 16.5 Å². The van der Waals surface area contributed by atoms with Gasteiger partial charge in [-0.2, -0.15) is 0 Å². The van der Waals surface area contributed by atoms with Gasteiger partial charge in [0.2, 0.25) is 10.0 Å². The molecule has 1 heterocycles. The highest BCUT2D eigenvalue weighted by molar-refractivity contribution is 7.91. The maximum atomic E-state index is 12.4. The third-order valence-electron chi connectivity index (χ3n) is 2.97. The highest BCUT2D eigenvalue weighted by Crippen LogP contribution is 2.26. The molecule has 0 aliphatic heterocycles. The Kier molecular flexibility index (Phi) is 7.29. The topological polar surface area (TPSA) is 61.4 Å². The van der Waals surface area contributed by atoms with Crippen LogP contribution in [0.25, 0.3) is 0 Å². The van der Waals surface area contributed by atoms with E-state index in [0.29, 0.717) is 10.8 Å². The van der Waals surface area contributed by atoms with E-state index < -0.39 is 10.0 Å². The van der Waals surface area contributed by atoms with Crippen LogP contribution in [-0.2, 0) is 16.6 Å². The van der Waals surface area contributed by atoms with Crippen LogP contribution in [0, 0.1) is 6.92 Å².